The van der Waals surface area contributed by atoms with E-state index in [9.17, 15) is 20.0 Å². The second-order valence-corrected chi connectivity index (χ2v) is 6.54. The van der Waals surface area contributed by atoms with Crippen molar-refractivity contribution in [2.75, 3.05) is 6.61 Å². The molecule has 100 valence electrons. The zero-order chi connectivity index (χ0) is 13.0. The van der Waals surface area contributed by atoms with E-state index in [1.165, 1.54) is 0 Å². The van der Waals surface area contributed by atoms with E-state index in [1.54, 1.807) is 0 Å². The Kier molecular flexibility index (Phi) is 2.34. The predicted octanol–water partition coefficient (Wildman–Crippen LogP) is 1.87. The maximum Gasteiger partial charge on any atom is 0.309 e. The van der Waals surface area contributed by atoms with E-state index < -0.39 is 16.5 Å². The van der Waals surface area contributed by atoms with Crippen molar-refractivity contribution in [2.24, 2.45) is 22.7 Å². The molecule has 6 heteroatoms. The molecule has 2 atom stereocenters. The van der Waals surface area contributed by atoms with Gasteiger partial charge in [0.15, 0.2) is 0 Å². The molecule has 4 aliphatic carbocycles. The summed E-state index contributed by atoms with van der Waals surface area (Å²) in [6.07, 6.45) is 4.93. The maximum absolute atomic E-state index is 11.6. The molecule has 4 fully saturated rings. The molecule has 0 spiro atoms. The summed E-state index contributed by atoms with van der Waals surface area (Å²) in [6.45, 7) is 0.0715. The Morgan fingerprint density at radius 1 is 1.33 bits per heavy atom. The molecule has 4 bridgehead atoms. The molecule has 0 radical (unpaired) electrons. The average molecular weight is 255 g/mol. The third-order valence-corrected chi connectivity index (χ3v) is 5.11. The molecule has 18 heavy (non-hydrogen) atoms. The number of carboxylic acids is 1. The molecule has 0 amide bonds. The second-order valence-electron chi connectivity index (χ2n) is 6.54. The Balaban J connectivity index is 1.85. The lowest BCUT2D eigenvalue weighted by Gasteiger charge is -2.60. The van der Waals surface area contributed by atoms with Crippen molar-refractivity contribution in [3.05, 3.63) is 10.1 Å². The number of aliphatic carboxylic acids is 1. The average Bonchev–Trinajstić information content (AvgIpc) is 2.24. The molecule has 1 N–H and O–H groups in total. The number of hydrogen-bond acceptors (Lipinski definition) is 4. The molecule has 0 heterocycles. The number of nitrogens with zero attached hydrogens (tertiary/aromatic N) is 1. The summed E-state index contributed by atoms with van der Waals surface area (Å²) >= 11 is 0. The lowest BCUT2D eigenvalue weighted by molar-refractivity contribution is -0.761. The van der Waals surface area contributed by atoms with Crippen molar-refractivity contribution in [1.29, 1.82) is 0 Å². The quantitative estimate of drug-likeness (QED) is 0.611. The number of hydrogen-bond donors (Lipinski definition) is 1. The van der Waals surface area contributed by atoms with Gasteiger partial charge in [0.1, 0.15) is 6.61 Å². The molecule has 0 saturated heterocycles. The van der Waals surface area contributed by atoms with E-state index in [0.717, 1.165) is 32.1 Å². The summed E-state index contributed by atoms with van der Waals surface area (Å²) in [4.78, 5) is 26.5. The van der Waals surface area contributed by atoms with Gasteiger partial charge in [-0.1, -0.05) is 0 Å². The fourth-order valence-corrected chi connectivity index (χ4v) is 5.06. The Morgan fingerprint density at radius 3 is 2.44 bits per heavy atom. The van der Waals surface area contributed by atoms with E-state index >= 15 is 0 Å². The predicted molar refractivity (Wildman–Crippen MR) is 60.1 cm³/mol. The van der Waals surface area contributed by atoms with Crippen molar-refractivity contribution in [2.45, 2.75) is 38.5 Å². The van der Waals surface area contributed by atoms with Crippen LogP contribution in [0.15, 0.2) is 0 Å². The fraction of sp³-hybridized carbons (Fsp3) is 0.917. The van der Waals surface area contributed by atoms with Gasteiger partial charge in [-0.2, -0.15) is 0 Å². The van der Waals surface area contributed by atoms with E-state index in [2.05, 4.69) is 4.84 Å². The van der Waals surface area contributed by atoms with Crippen LogP contribution in [0, 0.1) is 32.8 Å². The first-order valence-electron chi connectivity index (χ1n) is 6.44. The smallest absolute Gasteiger partial charge is 0.309 e. The first-order valence-corrected chi connectivity index (χ1v) is 6.44. The number of carboxylic acid groups (broad SMARTS) is 1. The van der Waals surface area contributed by atoms with Crippen LogP contribution in [0.4, 0.5) is 0 Å². The molecule has 6 nitrogen and oxygen atoms in total. The number of carbonyl (C=O) groups is 1. The molecule has 0 aliphatic heterocycles. The first-order chi connectivity index (χ1) is 8.43. The lowest BCUT2D eigenvalue weighted by Crippen LogP contribution is -2.56. The second kappa shape index (κ2) is 3.59. The van der Waals surface area contributed by atoms with E-state index in [4.69, 9.17) is 0 Å². The molecule has 0 aromatic carbocycles. The molecule has 4 rings (SSSR count). The van der Waals surface area contributed by atoms with Crippen LogP contribution in [-0.2, 0) is 9.63 Å². The standard InChI is InChI=1S/C12H17NO5/c14-10(15)12-4-8-1-9(5-12)3-11(2-8,6-12)7-18-13(16)17/h8-9H,1-7H2,(H,14,15). The Bertz CT molecular complexity index is 393. The zero-order valence-corrected chi connectivity index (χ0v) is 10.1. The summed E-state index contributed by atoms with van der Waals surface area (Å²) in [6, 6.07) is 0. The van der Waals surface area contributed by atoms with Crippen LogP contribution in [0.1, 0.15) is 38.5 Å². The van der Waals surface area contributed by atoms with Crippen LogP contribution in [0.3, 0.4) is 0 Å². The van der Waals surface area contributed by atoms with Crippen LogP contribution >= 0.6 is 0 Å². The van der Waals surface area contributed by atoms with Gasteiger partial charge in [-0.3, -0.25) is 4.79 Å². The van der Waals surface area contributed by atoms with Crippen molar-refractivity contribution in [3.63, 3.8) is 0 Å². The van der Waals surface area contributed by atoms with Gasteiger partial charge in [-0.25, -0.2) is 0 Å². The molecule has 0 aromatic rings. The summed E-state index contributed by atoms with van der Waals surface area (Å²) in [7, 11) is 0. The van der Waals surface area contributed by atoms with Crippen molar-refractivity contribution >= 4 is 5.97 Å². The van der Waals surface area contributed by atoms with Gasteiger partial charge >= 0.3 is 5.97 Å². The SMILES string of the molecule is O=C(O)C12CC3CC(CC(CO[N+](=O)[O-])(C3)C1)C2. The fourth-order valence-electron chi connectivity index (χ4n) is 5.06. The Hall–Kier alpha value is -1.33. The van der Waals surface area contributed by atoms with Crippen LogP contribution in [0.2, 0.25) is 0 Å². The Labute approximate surface area is 104 Å². The van der Waals surface area contributed by atoms with Crippen molar-refractivity contribution in [1.82, 2.24) is 0 Å². The highest BCUT2D eigenvalue weighted by Gasteiger charge is 2.61. The normalized spacial score (nSPS) is 44.9. The van der Waals surface area contributed by atoms with Gasteiger partial charge in [0.25, 0.3) is 5.09 Å². The number of rotatable bonds is 4. The third kappa shape index (κ3) is 1.66. The highest BCUT2D eigenvalue weighted by atomic mass is 16.9. The Morgan fingerprint density at radius 2 is 1.94 bits per heavy atom. The summed E-state index contributed by atoms with van der Waals surface area (Å²) in [5, 5.41) is 19.1. The molecule has 4 aliphatic rings. The van der Waals surface area contributed by atoms with Crippen LogP contribution in [0.25, 0.3) is 0 Å². The minimum absolute atomic E-state index is 0.0715. The molecule has 4 saturated carbocycles. The molecular weight excluding hydrogens is 238 g/mol. The van der Waals surface area contributed by atoms with Crippen molar-refractivity contribution < 1.29 is 19.8 Å². The summed E-state index contributed by atoms with van der Waals surface area (Å²) < 4.78 is 0. The monoisotopic (exact) mass is 255 g/mol. The van der Waals surface area contributed by atoms with E-state index in [-0.39, 0.29) is 12.0 Å². The molecule has 2 unspecified atom stereocenters. The lowest BCUT2D eigenvalue weighted by atomic mass is 9.44. The zero-order valence-electron chi connectivity index (χ0n) is 10.1. The van der Waals surface area contributed by atoms with Gasteiger partial charge in [0.2, 0.25) is 0 Å². The van der Waals surface area contributed by atoms with Crippen molar-refractivity contribution in [3.8, 4) is 0 Å². The van der Waals surface area contributed by atoms with Gasteiger partial charge in [-0.05, 0) is 55.8 Å². The van der Waals surface area contributed by atoms with E-state index in [1.807, 2.05) is 0 Å². The first kappa shape index (κ1) is 11.7. The van der Waals surface area contributed by atoms with E-state index in [0.29, 0.717) is 18.3 Å². The topological polar surface area (TPSA) is 89.7 Å². The van der Waals surface area contributed by atoms with Gasteiger partial charge in [-0.15, -0.1) is 10.1 Å². The minimum atomic E-state index is -0.758. The van der Waals surface area contributed by atoms with Gasteiger partial charge < -0.3 is 9.94 Å². The van der Waals surface area contributed by atoms with Crippen LogP contribution in [0.5, 0.6) is 0 Å². The summed E-state index contributed by atoms with van der Waals surface area (Å²) in [5.74, 6) is 0.109. The molecular formula is C12H17NO5. The summed E-state index contributed by atoms with van der Waals surface area (Å²) in [5.41, 5.74) is -0.903. The van der Waals surface area contributed by atoms with Crippen LogP contribution in [-0.4, -0.2) is 22.8 Å². The van der Waals surface area contributed by atoms with Gasteiger partial charge in [0, 0.05) is 0 Å². The van der Waals surface area contributed by atoms with Gasteiger partial charge in [0.05, 0.1) is 5.41 Å². The minimum Gasteiger partial charge on any atom is -0.481 e. The maximum atomic E-state index is 11.6. The highest BCUT2D eigenvalue weighted by Crippen LogP contribution is 2.65. The van der Waals surface area contributed by atoms with Crippen LogP contribution < -0.4 is 0 Å². The third-order valence-electron chi connectivity index (χ3n) is 5.11. The molecule has 0 aromatic heterocycles. The highest BCUT2D eigenvalue weighted by molar-refractivity contribution is 5.75. The largest absolute Gasteiger partial charge is 0.481 e.